The van der Waals surface area contributed by atoms with E-state index in [9.17, 15) is 8.42 Å². The fourth-order valence-electron chi connectivity index (χ4n) is 2.10. The Bertz CT molecular complexity index is 510. The quantitative estimate of drug-likeness (QED) is 0.635. The lowest BCUT2D eigenvalue weighted by Crippen LogP contribution is -2.31. The van der Waals surface area contributed by atoms with E-state index in [1.165, 1.54) is 0 Å². The molecule has 0 bridgehead atoms. The monoisotopic (exact) mass is 289 g/mol. The topological polar surface area (TPSA) is 64.0 Å². The van der Waals surface area contributed by atoms with Crippen LogP contribution in [0.5, 0.6) is 0 Å². The molecule has 7 heteroatoms. The van der Waals surface area contributed by atoms with E-state index in [0.29, 0.717) is 11.5 Å². The van der Waals surface area contributed by atoms with Crippen molar-refractivity contribution in [3.63, 3.8) is 0 Å². The average molecular weight is 289 g/mol. The first-order valence-electron chi connectivity index (χ1n) is 6.03. The van der Waals surface area contributed by atoms with E-state index in [-0.39, 0.29) is 6.04 Å². The zero-order chi connectivity index (χ0) is 13.2. The maximum atomic E-state index is 11.3. The molecule has 0 spiro atoms. The number of thioether (sulfide) groups is 1. The number of rotatable bonds is 5. The summed E-state index contributed by atoms with van der Waals surface area (Å²) in [6, 6.07) is 2.20. The van der Waals surface area contributed by atoms with Gasteiger partial charge in [-0.2, -0.15) is 5.10 Å². The molecule has 0 aliphatic carbocycles. The van der Waals surface area contributed by atoms with Crippen molar-refractivity contribution >= 4 is 21.6 Å². The maximum absolute atomic E-state index is 11.3. The van der Waals surface area contributed by atoms with E-state index in [1.807, 2.05) is 18.7 Å². The lowest BCUT2D eigenvalue weighted by Gasteiger charge is -2.09. The number of nitrogens with zero attached hydrogens (tertiary/aromatic N) is 2. The van der Waals surface area contributed by atoms with Crippen molar-refractivity contribution in [1.82, 2.24) is 15.1 Å². The molecule has 18 heavy (non-hydrogen) atoms. The van der Waals surface area contributed by atoms with Gasteiger partial charge in [-0.1, -0.05) is 0 Å². The highest BCUT2D eigenvalue weighted by molar-refractivity contribution is 7.99. The molecule has 102 valence electrons. The third-order valence-corrected chi connectivity index (χ3v) is 5.83. The molecule has 1 aromatic rings. The number of sulfone groups is 1. The van der Waals surface area contributed by atoms with E-state index in [2.05, 4.69) is 16.5 Å². The molecule has 2 rings (SSSR count). The van der Waals surface area contributed by atoms with Gasteiger partial charge in [-0.3, -0.25) is 4.68 Å². The molecule has 1 fully saturated rings. The van der Waals surface area contributed by atoms with Crippen molar-refractivity contribution in [2.45, 2.75) is 24.4 Å². The van der Waals surface area contributed by atoms with Crippen LogP contribution in [0.25, 0.3) is 0 Å². The maximum Gasteiger partial charge on any atom is 0.151 e. The highest BCUT2D eigenvalue weighted by atomic mass is 32.2. The van der Waals surface area contributed by atoms with E-state index in [0.717, 1.165) is 29.4 Å². The second-order valence-electron chi connectivity index (χ2n) is 4.65. The molecular weight excluding hydrogens is 270 g/mol. The molecule has 0 radical (unpaired) electrons. The van der Waals surface area contributed by atoms with Gasteiger partial charge >= 0.3 is 0 Å². The first kappa shape index (κ1) is 13.9. The molecule has 1 unspecified atom stereocenters. The molecular formula is C11H19N3O2S2. The predicted octanol–water partition coefficient (Wildman–Crippen LogP) is 0.597. The van der Waals surface area contributed by atoms with Gasteiger partial charge in [-0.05, 0) is 19.4 Å². The van der Waals surface area contributed by atoms with Crippen LogP contribution < -0.4 is 5.32 Å². The lowest BCUT2D eigenvalue weighted by molar-refractivity contribution is 0.574. The van der Waals surface area contributed by atoms with Gasteiger partial charge in [0, 0.05) is 25.4 Å². The molecule has 1 N–H and O–H groups in total. The van der Waals surface area contributed by atoms with Crippen molar-refractivity contribution in [3.8, 4) is 0 Å². The highest BCUT2D eigenvalue weighted by Crippen LogP contribution is 2.17. The Morgan fingerprint density at radius 3 is 2.94 bits per heavy atom. The second-order valence-corrected chi connectivity index (χ2v) is 7.99. The number of aryl methyl sites for hydroxylation is 2. The van der Waals surface area contributed by atoms with E-state index >= 15 is 0 Å². The number of hydrogen-bond donors (Lipinski definition) is 1. The number of hydrogen-bond acceptors (Lipinski definition) is 5. The summed E-state index contributed by atoms with van der Waals surface area (Å²) in [6.07, 6.45) is 0.748. The van der Waals surface area contributed by atoms with E-state index in [1.54, 1.807) is 11.8 Å². The summed E-state index contributed by atoms with van der Waals surface area (Å²) in [5, 5.41) is 8.73. The Morgan fingerprint density at radius 2 is 2.39 bits per heavy atom. The van der Waals surface area contributed by atoms with Gasteiger partial charge in [0.25, 0.3) is 0 Å². The van der Waals surface area contributed by atoms with Gasteiger partial charge in [0.15, 0.2) is 9.84 Å². The van der Waals surface area contributed by atoms with Crippen LogP contribution in [0.1, 0.15) is 12.1 Å². The zero-order valence-corrected chi connectivity index (χ0v) is 12.4. The van der Waals surface area contributed by atoms with Gasteiger partial charge in [0.1, 0.15) is 0 Å². The van der Waals surface area contributed by atoms with Gasteiger partial charge in [-0.15, -0.1) is 11.8 Å². The van der Waals surface area contributed by atoms with E-state index in [4.69, 9.17) is 0 Å². The van der Waals surface area contributed by atoms with Crippen LogP contribution in [0.3, 0.4) is 0 Å². The normalized spacial score (nSPS) is 22.4. The van der Waals surface area contributed by atoms with Crippen molar-refractivity contribution < 1.29 is 8.42 Å². The Balaban J connectivity index is 1.69. The molecule has 1 saturated heterocycles. The van der Waals surface area contributed by atoms with Crippen LogP contribution in [-0.4, -0.2) is 48.0 Å². The van der Waals surface area contributed by atoms with Gasteiger partial charge in [0.2, 0.25) is 0 Å². The SMILES string of the molecule is Cc1cc(SCCNC2CCS(=O)(=O)C2)n(C)n1. The van der Waals surface area contributed by atoms with Crippen LogP contribution in [-0.2, 0) is 16.9 Å². The average Bonchev–Trinajstić information content (AvgIpc) is 2.77. The molecule has 1 atom stereocenters. The van der Waals surface area contributed by atoms with Crippen LogP contribution in [0.4, 0.5) is 0 Å². The second kappa shape index (κ2) is 5.63. The predicted molar refractivity (Wildman–Crippen MR) is 73.7 cm³/mol. The molecule has 1 aliphatic heterocycles. The molecule has 0 amide bonds. The van der Waals surface area contributed by atoms with E-state index < -0.39 is 9.84 Å². The molecule has 0 saturated carbocycles. The number of nitrogens with one attached hydrogen (secondary N) is 1. The molecule has 0 aromatic carbocycles. The Kier molecular flexibility index (Phi) is 4.34. The highest BCUT2D eigenvalue weighted by Gasteiger charge is 2.26. The molecule has 1 aromatic heterocycles. The van der Waals surface area contributed by atoms with Crippen molar-refractivity contribution in [2.75, 3.05) is 23.8 Å². The largest absolute Gasteiger partial charge is 0.312 e. The minimum Gasteiger partial charge on any atom is -0.312 e. The van der Waals surface area contributed by atoms with Crippen molar-refractivity contribution in [3.05, 3.63) is 11.8 Å². The van der Waals surface area contributed by atoms with Crippen LogP contribution in [0, 0.1) is 6.92 Å². The minimum absolute atomic E-state index is 0.142. The van der Waals surface area contributed by atoms with Crippen molar-refractivity contribution in [2.24, 2.45) is 7.05 Å². The van der Waals surface area contributed by atoms with Crippen LogP contribution >= 0.6 is 11.8 Å². The third kappa shape index (κ3) is 3.73. The van der Waals surface area contributed by atoms with Crippen molar-refractivity contribution in [1.29, 1.82) is 0 Å². The summed E-state index contributed by atoms with van der Waals surface area (Å²) in [7, 11) is -0.835. The van der Waals surface area contributed by atoms with Crippen LogP contribution in [0.15, 0.2) is 11.1 Å². The third-order valence-electron chi connectivity index (χ3n) is 2.98. The van der Waals surface area contributed by atoms with Crippen LogP contribution in [0.2, 0.25) is 0 Å². The van der Waals surface area contributed by atoms with Gasteiger partial charge in [0.05, 0.1) is 22.2 Å². The first-order valence-corrected chi connectivity index (χ1v) is 8.84. The zero-order valence-electron chi connectivity index (χ0n) is 10.7. The summed E-state index contributed by atoms with van der Waals surface area (Å²) >= 11 is 1.74. The smallest absolute Gasteiger partial charge is 0.151 e. The Morgan fingerprint density at radius 1 is 1.61 bits per heavy atom. The summed E-state index contributed by atoms with van der Waals surface area (Å²) in [4.78, 5) is 0. The summed E-state index contributed by atoms with van der Waals surface area (Å²) in [5.41, 5.74) is 1.02. The Labute approximate surface area is 112 Å². The summed E-state index contributed by atoms with van der Waals surface area (Å²) < 4.78 is 24.4. The fraction of sp³-hybridized carbons (Fsp3) is 0.727. The minimum atomic E-state index is -2.77. The lowest BCUT2D eigenvalue weighted by atomic mass is 10.3. The standard InChI is InChI=1S/C11H19N3O2S2/c1-9-7-11(14(2)13-9)17-5-4-12-10-3-6-18(15,16)8-10/h7,10,12H,3-6,8H2,1-2H3. The summed E-state index contributed by atoms with van der Waals surface area (Å²) in [6.45, 7) is 2.81. The number of aromatic nitrogens is 2. The van der Waals surface area contributed by atoms with Gasteiger partial charge in [-0.25, -0.2) is 8.42 Å². The summed E-state index contributed by atoms with van der Waals surface area (Å²) in [5.74, 6) is 1.55. The Hall–Kier alpha value is -0.530. The molecule has 1 aliphatic rings. The molecule has 2 heterocycles. The van der Waals surface area contributed by atoms with Gasteiger partial charge < -0.3 is 5.32 Å². The first-order chi connectivity index (χ1) is 8.46. The molecule has 5 nitrogen and oxygen atoms in total. The fourth-order valence-corrected chi connectivity index (χ4v) is 4.72.